The van der Waals surface area contributed by atoms with Crippen LogP contribution >= 0.6 is 0 Å². The van der Waals surface area contributed by atoms with Crippen LogP contribution in [-0.2, 0) is 19.1 Å². The van der Waals surface area contributed by atoms with E-state index in [-0.39, 0.29) is 6.10 Å². The number of rotatable bonds is 10. The van der Waals surface area contributed by atoms with Gasteiger partial charge in [-0.2, -0.15) is 4.99 Å². The standard InChI is InChI=1S/C11H16N2O4/c14-8-12-5-3-1-2-4-11(13-9-15)17-7-10-6-16-10/h10-11H,1-7H2. The smallest absolute Gasteiger partial charge is 0.237 e. The fraction of sp³-hybridized carbons (Fsp3) is 0.818. The Kier molecular flexibility index (Phi) is 7.11. The molecule has 0 radical (unpaired) electrons. The van der Waals surface area contributed by atoms with Crippen molar-refractivity contribution in [2.45, 2.75) is 38.0 Å². The molecule has 0 N–H and O–H groups in total. The zero-order valence-electron chi connectivity index (χ0n) is 9.63. The van der Waals surface area contributed by atoms with Crippen molar-refractivity contribution in [2.75, 3.05) is 19.8 Å². The van der Waals surface area contributed by atoms with Gasteiger partial charge in [0, 0.05) is 0 Å². The summed E-state index contributed by atoms with van der Waals surface area (Å²) in [4.78, 5) is 27.0. The predicted octanol–water partition coefficient (Wildman–Crippen LogP) is 0.960. The minimum atomic E-state index is -0.425. The zero-order chi connectivity index (χ0) is 12.3. The summed E-state index contributed by atoms with van der Waals surface area (Å²) in [5.41, 5.74) is 0. The molecule has 0 spiro atoms. The number of epoxide rings is 1. The van der Waals surface area contributed by atoms with E-state index in [4.69, 9.17) is 9.47 Å². The van der Waals surface area contributed by atoms with Gasteiger partial charge in [0.1, 0.15) is 6.10 Å². The molecule has 1 heterocycles. The highest BCUT2D eigenvalue weighted by Gasteiger charge is 2.24. The molecule has 0 aromatic heterocycles. The summed E-state index contributed by atoms with van der Waals surface area (Å²) < 4.78 is 10.4. The lowest BCUT2D eigenvalue weighted by molar-refractivity contribution is 0.0416. The van der Waals surface area contributed by atoms with Crippen molar-refractivity contribution in [1.29, 1.82) is 0 Å². The Bertz CT molecular complexity index is 305. The first-order chi connectivity index (χ1) is 8.36. The third-order valence-corrected chi connectivity index (χ3v) is 2.36. The molecule has 2 atom stereocenters. The molecule has 1 fully saturated rings. The highest BCUT2D eigenvalue weighted by molar-refractivity contribution is 5.33. The molecular weight excluding hydrogens is 224 g/mol. The number of carbonyl (C=O) groups excluding carboxylic acids is 2. The van der Waals surface area contributed by atoms with E-state index in [9.17, 15) is 9.59 Å². The summed E-state index contributed by atoms with van der Waals surface area (Å²) >= 11 is 0. The minimum absolute atomic E-state index is 0.168. The summed E-state index contributed by atoms with van der Waals surface area (Å²) in [5.74, 6) is 0. The van der Waals surface area contributed by atoms with Gasteiger partial charge < -0.3 is 9.47 Å². The molecule has 6 nitrogen and oxygen atoms in total. The maximum Gasteiger partial charge on any atom is 0.237 e. The molecule has 0 aromatic rings. The molecule has 17 heavy (non-hydrogen) atoms. The summed E-state index contributed by atoms with van der Waals surface area (Å²) in [6.45, 7) is 1.70. The number of hydrogen-bond donors (Lipinski definition) is 0. The van der Waals surface area contributed by atoms with Crippen LogP contribution < -0.4 is 0 Å². The average molecular weight is 240 g/mol. The van der Waals surface area contributed by atoms with Gasteiger partial charge in [-0.15, -0.1) is 0 Å². The van der Waals surface area contributed by atoms with E-state index in [2.05, 4.69) is 9.98 Å². The van der Waals surface area contributed by atoms with Crippen molar-refractivity contribution in [3.63, 3.8) is 0 Å². The van der Waals surface area contributed by atoms with Gasteiger partial charge in [0.2, 0.25) is 12.2 Å². The molecule has 94 valence electrons. The molecule has 0 saturated carbocycles. The fourth-order valence-corrected chi connectivity index (χ4v) is 1.36. The normalized spacial score (nSPS) is 18.9. The van der Waals surface area contributed by atoms with Gasteiger partial charge in [-0.05, 0) is 19.3 Å². The van der Waals surface area contributed by atoms with Crippen LogP contribution in [0.15, 0.2) is 9.98 Å². The second-order valence-corrected chi connectivity index (χ2v) is 3.79. The molecule has 2 unspecified atom stereocenters. The van der Waals surface area contributed by atoms with Gasteiger partial charge in [-0.25, -0.2) is 14.6 Å². The SMILES string of the molecule is O=C=NCCCCCC(N=C=O)OCC1CO1. The van der Waals surface area contributed by atoms with Gasteiger partial charge in [-0.1, -0.05) is 6.42 Å². The summed E-state index contributed by atoms with van der Waals surface area (Å²) in [7, 11) is 0. The molecular formula is C11H16N2O4. The van der Waals surface area contributed by atoms with E-state index in [1.54, 1.807) is 0 Å². The Morgan fingerprint density at radius 1 is 1.29 bits per heavy atom. The van der Waals surface area contributed by atoms with Crippen LogP contribution in [0.2, 0.25) is 0 Å². The lowest BCUT2D eigenvalue weighted by Gasteiger charge is -2.10. The highest BCUT2D eigenvalue weighted by atomic mass is 16.6. The van der Waals surface area contributed by atoms with Crippen LogP contribution in [0.4, 0.5) is 0 Å². The van der Waals surface area contributed by atoms with E-state index in [1.165, 1.54) is 12.2 Å². The quantitative estimate of drug-likeness (QED) is 0.246. The van der Waals surface area contributed by atoms with Gasteiger partial charge in [-0.3, -0.25) is 0 Å². The number of unbranched alkanes of at least 4 members (excludes halogenated alkanes) is 2. The Balaban J connectivity index is 2.05. The maximum atomic E-state index is 10.2. The first-order valence-electron chi connectivity index (χ1n) is 5.70. The van der Waals surface area contributed by atoms with Crippen LogP contribution in [0.25, 0.3) is 0 Å². The minimum Gasteiger partial charge on any atom is -0.371 e. The van der Waals surface area contributed by atoms with Gasteiger partial charge >= 0.3 is 0 Å². The topological polar surface area (TPSA) is 80.6 Å². The second kappa shape index (κ2) is 8.79. The second-order valence-electron chi connectivity index (χ2n) is 3.79. The third-order valence-electron chi connectivity index (χ3n) is 2.36. The first kappa shape index (κ1) is 13.7. The summed E-state index contributed by atoms with van der Waals surface area (Å²) in [5, 5.41) is 0. The van der Waals surface area contributed by atoms with Crippen molar-refractivity contribution in [3.05, 3.63) is 0 Å². The van der Waals surface area contributed by atoms with Crippen molar-refractivity contribution in [3.8, 4) is 0 Å². The number of aliphatic imine (C=N–C) groups is 2. The largest absolute Gasteiger partial charge is 0.371 e. The van der Waals surface area contributed by atoms with Crippen molar-refractivity contribution < 1.29 is 19.1 Å². The Morgan fingerprint density at radius 2 is 2.12 bits per heavy atom. The van der Waals surface area contributed by atoms with Crippen molar-refractivity contribution in [1.82, 2.24) is 0 Å². The lowest BCUT2D eigenvalue weighted by atomic mass is 10.2. The molecule has 1 saturated heterocycles. The monoisotopic (exact) mass is 240 g/mol. The Hall–Kier alpha value is -1.32. The Labute approximate surface area is 99.7 Å². The fourth-order valence-electron chi connectivity index (χ4n) is 1.36. The number of nitrogens with zero attached hydrogens (tertiary/aromatic N) is 2. The van der Waals surface area contributed by atoms with Crippen LogP contribution in [0.3, 0.4) is 0 Å². The van der Waals surface area contributed by atoms with Crippen LogP contribution in [0, 0.1) is 0 Å². The molecule has 1 aliphatic heterocycles. The van der Waals surface area contributed by atoms with Crippen molar-refractivity contribution in [2.24, 2.45) is 9.98 Å². The van der Waals surface area contributed by atoms with Gasteiger partial charge in [0.25, 0.3) is 0 Å². The molecule has 6 heteroatoms. The number of ether oxygens (including phenoxy) is 2. The van der Waals surface area contributed by atoms with Gasteiger partial charge in [0.05, 0.1) is 19.8 Å². The third kappa shape index (κ3) is 7.55. The van der Waals surface area contributed by atoms with E-state index in [0.717, 1.165) is 25.9 Å². The average Bonchev–Trinajstić information content (AvgIpc) is 3.14. The van der Waals surface area contributed by atoms with Crippen LogP contribution in [0.5, 0.6) is 0 Å². The number of hydrogen-bond acceptors (Lipinski definition) is 6. The molecule has 0 aliphatic carbocycles. The summed E-state index contributed by atoms with van der Waals surface area (Å²) in [6, 6.07) is 0. The maximum absolute atomic E-state index is 10.2. The molecule has 1 rings (SSSR count). The zero-order valence-corrected chi connectivity index (χ0v) is 9.63. The van der Waals surface area contributed by atoms with E-state index in [0.29, 0.717) is 19.6 Å². The van der Waals surface area contributed by atoms with E-state index >= 15 is 0 Å². The van der Waals surface area contributed by atoms with Crippen molar-refractivity contribution >= 4 is 12.2 Å². The predicted molar refractivity (Wildman–Crippen MR) is 59.1 cm³/mol. The van der Waals surface area contributed by atoms with Crippen LogP contribution in [-0.4, -0.2) is 44.3 Å². The number of isocyanates is 2. The highest BCUT2D eigenvalue weighted by Crippen LogP contribution is 2.13. The first-order valence-corrected chi connectivity index (χ1v) is 5.70. The summed E-state index contributed by atoms with van der Waals surface area (Å²) in [6.07, 6.45) is 6.04. The molecule has 0 bridgehead atoms. The van der Waals surface area contributed by atoms with E-state index < -0.39 is 6.23 Å². The molecule has 1 aliphatic rings. The molecule has 0 aromatic carbocycles. The van der Waals surface area contributed by atoms with Gasteiger partial charge in [0.15, 0.2) is 6.23 Å². The Morgan fingerprint density at radius 3 is 2.76 bits per heavy atom. The molecule has 0 amide bonds. The van der Waals surface area contributed by atoms with Crippen LogP contribution in [0.1, 0.15) is 25.7 Å². The lowest BCUT2D eigenvalue weighted by Crippen LogP contribution is -2.14. The van der Waals surface area contributed by atoms with E-state index in [1.807, 2.05) is 0 Å².